The van der Waals surface area contributed by atoms with Gasteiger partial charge in [0.25, 0.3) is 0 Å². The molecule has 20 heavy (non-hydrogen) atoms. The van der Waals surface area contributed by atoms with E-state index in [0.717, 1.165) is 11.4 Å². The van der Waals surface area contributed by atoms with Gasteiger partial charge in [-0.25, -0.2) is 0 Å². The Kier molecular flexibility index (Phi) is 5.07. The smallest absolute Gasteiger partial charge is 0.233 e. The molecular weight excluding hydrogens is 266 g/mol. The quantitative estimate of drug-likeness (QED) is 0.839. The van der Waals surface area contributed by atoms with Gasteiger partial charge in [0.2, 0.25) is 5.91 Å². The summed E-state index contributed by atoms with van der Waals surface area (Å²) in [6.07, 6.45) is 0. The summed E-state index contributed by atoms with van der Waals surface area (Å²) in [5, 5.41) is 5.35. The Morgan fingerprint density at radius 3 is 2.50 bits per heavy atom. The van der Waals surface area contributed by atoms with Gasteiger partial charge in [-0.05, 0) is 35.7 Å². The van der Waals surface area contributed by atoms with E-state index in [4.69, 9.17) is 0 Å². The van der Waals surface area contributed by atoms with Crippen LogP contribution in [0.2, 0.25) is 0 Å². The topological polar surface area (TPSA) is 29.1 Å². The fourth-order valence-corrected chi connectivity index (χ4v) is 2.89. The molecule has 2 rings (SSSR count). The normalized spacial score (nSPS) is 12.6. The van der Waals surface area contributed by atoms with Crippen molar-refractivity contribution in [3.63, 3.8) is 0 Å². The zero-order valence-electron chi connectivity index (χ0n) is 12.2. The fraction of sp³-hybridized carbons (Fsp3) is 0.353. The standard InChI is InChI=1S/C17H21NOS/c1-12(2)11-18-17(19)13(3)20-16-9-8-14-6-4-5-7-15(14)10-16/h4-10,12-13H,11H2,1-3H3,(H,18,19). The van der Waals surface area contributed by atoms with Gasteiger partial charge >= 0.3 is 0 Å². The molecule has 2 aromatic carbocycles. The van der Waals surface area contributed by atoms with Crippen LogP contribution >= 0.6 is 11.8 Å². The van der Waals surface area contributed by atoms with E-state index in [1.807, 2.05) is 19.1 Å². The average molecular weight is 287 g/mol. The lowest BCUT2D eigenvalue weighted by Crippen LogP contribution is -2.33. The molecule has 1 unspecified atom stereocenters. The highest BCUT2D eigenvalue weighted by Crippen LogP contribution is 2.27. The highest BCUT2D eigenvalue weighted by Gasteiger charge is 2.14. The molecule has 106 valence electrons. The van der Waals surface area contributed by atoms with Gasteiger partial charge in [-0.3, -0.25) is 4.79 Å². The fourth-order valence-electron chi connectivity index (χ4n) is 1.95. The Morgan fingerprint density at radius 1 is 1.10 bits per heavy atom. The molecular formula is C17H21NOS. The van der Waals surface area contributed by atoms with E-state index in [1.54, 1.807) is 11.8 Å². The van der Waals surface area contributed by atoms with Crippen LogP contribution in [0.3, 0.4) is 0 Å². The van der Waals surface area contributed by atoms with Crippen molar-refractivity contribution in [2.24, 2.45) is 5.92 Å². The molecule has 0 saturated carbocycles. The first-order valence-corrected chi connectivity index (χ1v) is 7.87. The van der Waals surface area contributed by atoms with Gasteiger partial charge in [0.1, 0.15) is 0 Å². The van der Waals surface area contributed by atoms with Gasteiger partial charge in [-0.1, -0.05) is 44.2 Å². The Balaban J connectivity index is 2.02. The molecule has 0 bridgehead atoms. The lowest BCUT2D eigenvalue weighted by atomic mass is 10.1. The number of benzene rings is 2. The maximum absolute atomic E-state index is 12.0. The Morgan fingerprint density at radius 2 is 1.80 bits per heavy atom. The van der Waals surface area contributed by atoms with Crippen molar-refractivity contribution in [2.75, 3.05) is 6.54 Å². The monoisotopic (exact) mass is 287 g/mol. The Bertz CT molecular complexity index is 594. The molecule has 0 aliphatic rings. The summed E-state index contributed by atoms with van der Waals surface area (Å²) in [5.41, 5.74) is 0. The summed E-state index contributed by atoms with van der Waals surface area (Å²) in [6, 6.07) is 14.6. The summed E-state index contributed by atoms with van der Waals surface area (Å²) in [4.78, 5) is 13.1. The first-order valence-electron chi connectivity index (χ1n) is 6.99. The van der Waals surface area contributed by atoms with E-state index in [2.05, 4.69) is 49.5 Å². The molecule has 0 aliphatic carbocycles. The molecule has 2 aromatic rings. The molecule has 2 nitrogen and oxygen atoms in total. The second-order valence-electron chi connectivity index (χ2n) is 5.41. The average Bonchev–Trinajstić information content (AvgIpc) is 2.44. The van der Waals surface area contributed by atoms with Crippen LogP contribution in [-0.2, 0) is 4.79 Å². The number of carbonyl (C=O) groups excluding carboxylic acids is 1. The molecule has 1 atom stereocenters. The zero-order valence-corrected chi connectivity index (χ0v) is 13.0. The molecule has 0 radical (unpaired) electrons. The molecule has 0 spiro atoms. The summed E-state index contributed by atoms with van der Waals surface area (Å²) < 4.78 is 0. The molecule has 0 heterocycles. The van der Waals surface area contributed by atoms with Crippen LogP contribution in [0, 0.1) is 5.92 Å². The zero-order chi connectivity index (χ0) is 14.5. The van der Waals surface area contributed by atoms with E-state index in [9.17, 15) is 4.79 Å². The summed E-state index contributed by atoms with van der Waals surface area (Å²) >= 11 is 1.61. The van der Waals surface area contributed by atoms with Gasteiger partial charge in [0.15, 0.2) is 0 Å². The van der Waals surface area contributed by atoms with Crippen molar-refractivity contribution in [1.29, 1.82) is 0 Å². The maximum atomic E-state index is 12.0. The lowest BCUT2D eigenvalue weighted by Gasteiger charge is -2.13. The molecule has 0 aromatic heterocycles. The van der Waals surface area contributed by atoms with Crippen LogP contribution in [0.5, 0.6) is 0 Å². The first kappa shape index (κ1) is 14.9. The number of hydrogen-bond acceptors (Lipinski definition) is 2. The number of fused-ring (bicyclic) bond motifs is 1. The van der Waals surface area contributed by atoms with Crippen LogP contribution in [0.25, 0.3) is 10.8 Å². The largest absolute Gasteiger partial charge is 0.355 e. The van der Waals surface area contributed by atoms with Crippen LogP contribution in [0.1, 0.15) is 20.8 Å². The minimum atomic E-state index is -0.0742. The number of thioether (sulfide) groups is 1. The van der Waals surface area contributed by atoms with Crippen LogP contribution in [0.15, 0.2) is 47.4 Å². The molecule has 0 fully saturated rings. The highest BCUT2D eigenvalue weighted by molar-refractivity contribution is 8.00. The summed E-state index contributed by atoms with van der Waals surface area (Å²) in [5.74, 6) is 0.591. The van der Waals surface area contributed by atoms with Crippen LogP contribution in [0.4, 0.5) is 0 Å². The van der Waals surface area contributed by atoms with Gasteiger partial charge < -0.3 is 5.32 Å². The minimum Gasteiger partial charge on any atom is -0.355 e. The van der Waals surface area contributed by atoms with Crippen molar-refractivity contribution in [3.05, 3.63) is 42.5 Å². The van der Waals surface area contributed by atoms with E-state index >= 15 is 0 Å². The first-order chi connectivity index (χ1) is 9.56. The Labute approximate surface area is 125 Å². The summed E-state index contributed by atoms with van der Waals surface area (Å²) in [7, 11) is 0. The van der Waals surface area contributed by atoms with Crippen molar-refractivity contribution in [3.8, 4) is 0 Å². The van der Waals surface area contributed by atoms with Crippen molar-refractivity contribution >= 4 is 28.4 Å². The SMILES string of the molecule is CC(C)CNC(=O)C(C)Sc1ccc2ccccc2c1. The lowest BCUT2D eigenvalue weighted by molar-refractivity contribution is -0.120. The minimum absolute atomic E-state index is 0.0742. The van der Waals surface area contributed by atoms with Crippen LogP contribution in [-0.4, -0.2) is 17.7 Å². The number of hydrogen-bond donors (Lipinski definition) is 1. The Hall–Kier alpha value is -1.48. The van der Waals surface area contributed by atoms with E-state index in [0.29, 0.717) is 5.92 Å². The third kappa shape index (κ3) is 4.01. The predicted octanol–water partition coefficient (Wildman–Crippen LogP) is 4.09. The van der Waals surface area contributed by atoms with Crippen molar-refractivity contribution in [2.45, 2.75) is 30.9 Å². The van der Waals surface area contributed by atoms with Gasteiger partial charge in [0, 0.05) is 11.4 Å². The second-order valence-corrected chi connectivity index (χ2v) is 6.82. The van der Waals surface area contributed by atoms with E-state index in [-0.39, 0.29) is 11.2 Å². The van der Waals surface area contributed by atoms with Crippen molar-refractivity contribution < 1.29 is 4.79 Å². The predicted molar refractivity (Wildman–Crippen MR) is 87.1 cm³/mol. The third-order valence-electron chi connectivity index (χ3n) is 3.09. The van der Waals surface area contributed by atoms with Crippen LogP contribution < -0.4 is 5.32 Å². The second kappa shape index (κ2) is 6.80. The van der Waals surface area contributed by atoms with Gasteiger partial charge in [-0.15, -0.1) is 11.8 Å². The third-order valence-corrected chi connectivity index (χ3v) is 4.18. The number of amides is 1. The van der Waals surface area contributed by atoms with Crippen molar-refractivity contribution in [1.82, 2.24) is 5.32 Å². The number of rotatable bonds is 5. The van der Waals surface area contributed by atoms with Gasteiger partial charge in [0.05, 0.1) is 5.25 Å². The summed E-state index contributed by atoms with van der Waals surface area (Å²) in [6.45, 7) is 6.89. The number of carbonyl (C=O) groups is 1. The maximum Gasteiger partial charge on any atom is 0.233 e. The molecule has 1 amide bonds. The molecule has 0 aliphatic heterocycles. The molecule has 0 saturated heterocycles. The number of nitrogens with one attached hydrogen (secondary N) is 1. The molecule has 1 N–H and O–H groups in total. The van der Waals surface area contributed by atoms with E-state index in [1.165, 1.54) is 10.8 Å². The van der Waals surface area contributed by atoms with Gasteiger partial charge in [-0.2, -0.15) is 0 Å². The van der Waals surface area contributed by atoms with E-state index < -0.39 is 0 Å². The highest BCUT2D eigenvalue weighted by atomic mass is 32.2. The molecule has 3 heteroatoms.